The molecule has 5 atom stereocenters. The minimum Gasteiger partial charge on any atom is -0.465 e. The normalized spacial score (nSPS) is 29.9. The van der Waals surface area contributed by atoms with Crippen LogP contribution in [0.15, 0.2) is 42.5 Å². The third-order valence-electron chi connectivity index (χ3n) is 7.42. The average molecular weight is 460 g/mol. The van der Waals surface area contributed by atoms with E-state index in [1.54, 1.807) is 12.1 Å². The second-order valence-electron chi connectivity index (χ2n) is 8.75. The highest BCUT2D eigenvalue weighted by Gasteiger charge is 2.59. The lowest BCUT2D eigenvalue weighted by Gasteiger charge is -2.47. The van der Waals surface area contributed by atoms with E-state index in [-0.39, 0.29) is 35.1 Å². The van der Waals surface area contributed by atoms with E-state index >= 15 is 0 Å². The van der Waals surface area contributed by atoms with Gasteiger partial charge in [0.25, 0.3) is 0 Å². The van der Waals surface area contributed by atoms with Crippen molar-refractivity contribution in [1.82, 2.24) is 5.32 Å². The monoisotopic (exact) mass is 459 g/mol. The molecule has 6 heteroatoms. The van der Waals surface area contributed by atoms with Crippen LogP contribution in [-0.4, -0.2) is 25.0 Å². The van der Waals surface area contributed by atoms with Gasteiger partial charge in [0, 0.05) is 22.0 Å². The fourth-order valence-corrected chi connectivity index (χ4v) is 6.41. The average Bonchev–Trinajstić information content (AvgIpc) is 3.03. The lowest BCUT2D eigenvalue weighted by Crippen LogP contribution is -2.43. The fourth-order valence-electron chi connectivity index (χ4n) is 5.97. The molecule has 1 heterocycles. The summed E-state index contributed by atoms with van der Waals surface area (Å²) in [7, 11) is 1.36. The molecule has 1 aliphatic carbocycles. The Morgan fingerprint density at radius 2 is 1.90 bits per heavy atom. The van der Waals surface area contributed by atoms with Crippen molar-refractivity contribution in [3.05, 3.63) is 69.2 Å². The van der Waals surface area contributed by atoms with Crippen LogP contribution in [0.1, 0.15) is 66.4 Å². The van der Waals surface area contributed by atoms with Crippen molar-refractivity contribution in [2.45, 2.75) is 51.0 Å². The minimum absolute atomic E-state index is 0.0593. The number of methoxy groups -OCH3 is 1. The maximum atomic E-state index is 13.1. The van der Waals surface area contributed by atoms with Crippen molar-refractivity contribution < 1.29 is 14.3 Å². The number of benzene rings is 2. The summed E-state index contributed by atoms with van der Waals surface area (Å²) >= 11 is 12.9. The van der Waals surface area contributed by atoms with Crippen molar-refractivity contribution in [1.29, 1.82) is 0 Å². The van der Waals surface area contributed by atoms with Gasteiger partial charge in [-0.05, 0) is 73.4 Å². The van der Waals surface area contributed by atoms with Gasteiger partial charge >= 0.3 is 5.97 Å². The predicted molar refractivity (Wildman–Crippen MR) is 123 cm³/mol. The molecule has 4 nitrogen and oxygen atoms in total. The molecule has 2 aromatic rings. The molecule has 0 unspecified atom stereocenters. The van der Waals surface area contributed by atoms with Gasteiger partial charge in [0.1, 0.15) is 0 Å². The summed E-state index contributed by atoms with van der Waals surface area (Å²) in [5.41, 5.74) is 2.22. The van der Waals surface area contributed by atoms with Crippen molar-refractivity contribution >= 4 is 35.1 Å². The smallest absolute Gasteiger partial charge is 0.337 e. The molecule has 1 saturated carbocycles. The molecular weight excluding hydrogens is 433 g/mol. The van der Waals surface area contributed by atoms with Gasteiger partial charge < -0.3 is 10.1 Å². The SMILES string of the molecule is CC[C@@]12CC[C@@H](c3ccc(C(=O)OC)cc3Cl)[C@H](c3ccc(Cl)cc3)[C@@H]1[C@@H](C)NC2=O. The van der Waals surface area contributed by atoms with Crippen LogP contribution in [0.3, 0.4) is 0 Å². The predicted octanol–water partition coefficient (Wildman–Crippen LogP) is 5.97. The molecule has 0 spiro atoms. The lowest BCUT2D eigenvalue weighted by molar-refractivity contribution is -0.131. The van der Waals surface area contributed by atoms with Crippen LogP contribution in [0.2, 0.25) is 10.0 Å². The number of esters is 1. The second-order valence-corrected chi connectivity index (χ2v) is 9.59. The van der Waals surface area contributed by atoms with Crippen molar-refractivity contribution in [2.75, 3.05) is 7.11 Å². The summed E-state index contributed by atoms with van der Waals surface area (Å²) in [4.78, 5) is 25.0. The van der Waals surface area contributed by atoms with E-state index in [1.165, 1.54) is 7.11 Å². The van der Waals surface area contributed by atoms with Crippen LogP contribution in [-0.2, 0) is 9.53 Å². The van der Waals surface area contributed by atoms with E-state index in [1.807, 2.05) is 18.2 Å². The Hall–Kier alpha value is -2.04. The van der Waals surface area contributed by atoms with Gasteiger partial charge in [-0.3, -0.25) is 4.79 Å². The van der Waals surface area contributed by atoms with Gasteiger partial charge in [-0.1, -0.05) is 48.3 Å². The van der Waals surface area contributed by atoms with E-state index in [2.05, 4.69) is 31.3 Å². The fraction of sp³-hybridized carbons (Fsp3) is 0.440. The highest BCUT2D eigenvalue weighted by molar-refractivity contribution is 6.31. The third kappa shape index (κ3) is 3.64. The first kappa shape index (κ1) is 22.2. The van der Waals surface area contributed by atoms with Crippen LogP contribution in [0.4, 0.5) is 0 Å². The van der Waals surface area contributed by atoms with Crippen LogP contribution in [0, 0.1) is 11.3 Å². The molecule has 1 amide bonds. The number of halogens is 2. The molecule has 164 valence electrons. The number of carbonyl (C=O) groups is 2. The maximum Gasteiger partial charge on any atom is 0.337 e. The van der Waals surface area contributed by atoms with Crippen LogP contribution < -0.4 is 5.32 Å². The van der Waals surface area contributed by atoms with Gasteiger partial charge in [0.05, 0.1) is 18.1 Å². The van der Waals surface area contributed by atoms with Crippen LogP contribution in [0.25, 0.3) is 0 Å². The largest absolute Gasteiger partial charge is 0.465 e. The van der Waals surface area contributed by atoms with E-state index in [9.17, 15) is 9.59 Å². The Labute approximate surface area is 193 Å². The van der Waals surface area contributed by atoms with Gasteiger partial charge in [0.15, 0.2) is 0 Å². The Morgan fingerprint density at radius 1 is 1.19 bits per heavy atom. The number of nitrogens with one attached hydrogen (secondary N) is 1. The minimum atomic E-state index is -0.407. The number of hydrogen-bond donors (Lipinski definition) is 1. The second kappa shape index (κ2) is 8.48. The van der Waals surface area contributed by atoms with Gasteiger partial charge in [-0.15, -0.1) is 0 Å². The number of ether oxygens (including phenoxy) is 1. The lowest BCUT2D eigenvalue weighted by atomic mass is 9.54. The first-order valence-electron chi connectivity index (χ1n) is 10.8. The molecular formula is C25H27Cl2NO3. The van der Waals surface area contributed by atoms with Crippen molar-refractivity contribution in [3.63, 3.8) is 0 Å². The quantitative estimate of drug-likeness (QED) is 0.572. The highest BCUT2D eigenvalue weighted by atomic mass is 35.5. The highest BCUT2D eigenvalue weighted by Crippen LogP contribution is 2.60. The summed E-state index contributed by atoms with van der Waals surface area (Å²) in [5, 5.41) is 4.46. The van der Waals surface area contributed by atoms with Crippen LogP contribution in [0.5, 0.6) is 0 Å². The Kier molecular flexibility index (Phi) is 6.06. The number of carbonyl (C=O) groups excluding carboxylic acids is 2. The van der Waals surface area contributed by atoms with E-state index in [0.29, 0.717) is 15.6 Å². The topological polar surface area (TPSA) is 55.4 Å². The summed E-state index contributed by atoms with van der Waals surface area (Å²) < 4.78 is 4.83. The molecule has 1 saturated heterocycles. The molecule has 1 N–H and O–H groups in total. The summed E-state index contributed by atoms with van der Waals surface area (Å²) in [6.07, 6.45) is 2.46. The summed E-state index contributed by atoms with van der Waals surface area (Å²) in [6, 6.07) is 13.4. The number of amides is 1. The first-order valence-corrected chi connectivity index (χ1v) is 11.5. The third-order valence-corrected chi connectivity index (χ3v) is 8.00. The zero-order valence-corrected chi connectivity index (χ0v) is 19.5. The Balaban J connectivity index is 1.83. The van der Waals surface area contributed by atoms with Gasteiger partial charge in [0.2, 0.25) is 5.91 Å². The molecule has 1 aliphatic heterocycles. The van der Waals surface area contributed by atoms with E-state index in [0.717, 1.165) is 30.4 Å². The summed E-state index contributed by atoms with van der Waals surface area (Å²) in [6.45, 7) is 4.22. The molecule has 0 radical (unpaired) electrons. The zero-order valence-electron chi connectivity index (χ0n) is 18.0. The van der Waals surface area contributed by atoms with E-state index in [4.69, 9.17) is 27.9 Å². The Bertz CT molecular complexity index is 1010. The number of fused-ring (bicyclic) bond motifs is 1. The molecule has 0 bridgehead atoms. The van der Waals surface area contributed by atoms with Crippen molar-refractivity contribution in [3.8, 4) is 0 Å². The number of hydrogen-bond acceptors (Lipinski definition) is 3. The van der Waals surface area contributed by atoms with Crippen LogP contribution >= 0.6 is 23.2 Å². The zero-order chi connectivity index (χ0) is 22.3. The van der Waals surface area contributed by atoms with Gasteiger partial charge in [-0.2, -0.15) is 0 Å². The molecule has 2 aliphatic rings. The Morgan fingerprint density at radius 3 is 2.52 bits per heavy atom. The van der Waals surface area contributed by atoms with Gasteiger partial charge in [-0.25, -0.2) is 4.79 Å². The van der Waals surface area contributed by atoms with Crippen molar-refractivity contribution in [2.24, 2.45) is 11.3 Å². The number of rotatable bonds is 4. The molecule has 4 rings (SSSR count). The van der Waals surface area contributed by atoms with E-state index < -0.39 is 5.97 Å². The molecule has 31 heavy (non-hydrogen) atoms. The maximum absolute atomic E-state index is 13.1. The molecule has 2 aromatic carbocycles. The standard InChI is InChI=1S/C25H27Cl2NO3/c1-4-25-12-11-19(18-10-7-16(13-20(18)27)23(29)31-3)21(15-5-8-17(26)9-6-15)22(25)14(2)28-24(25)30/h5-10,13-14,19,21-22H,4,11-12H2,1-3H3,(H,28,30)/t14-,19+,21+,22+,25-/m1/s1. The summed E-state index contributed by atoms with van der Waals surface area (Å²) in [5.74, 6) is 0.121. The first-order chi connectivity index (χ1) is 14.8. The molecule has 0 aromatic heterocycles. The molecule has 2 fully saturated rings.